The molecule has 0 heteroatoms. The van der Waals surface area contributed by atoms with Crippen molar-refractivity contribution in [2.24, 2.45) is 5.92 Å². The van der Waals surface area contributed by atoms with Gasteiger partial charge in [0.1, 0.15) is 0 Å². The number of benzene rings is 2. The molecule has 0 nitrogen and oxygen atoms in total. The van der Waals surface area contributed by atoms with Crippen molar-refractivity contribution >= 4 is 0 Å². The molecule has 0 unspecified atom stereocenters. The van der Waals surface area contributed by atoms with Gasteiger partial charge in [-0.3, -0.25) is 0 Å². The van der Waals surface area contributed by atoms with Crippen LogP contribution in [-0.4, -0.2) is 0 Å². The van der Waals surface area contributed by atoms with E-state index in [4.69, 9.17) is 2.74 Å². The second kappa shape index (κ2) is 13.7. The SMILES string of the molecule is CC.CC.Cc1ccc(C2(C)CCC(c3ccc(C)cc3)(C(C)C)CC2)cc1.[3H]C.[3H]C. The van der Waals surface area contributed by atoms with Crippen molar-refractivity contribution in [2.45, 2.75) is 114 Å². The van der Waals surface area contributed by atoms with Gasteiger partial charge >= 0.3 is 0 Å². The molecule has 1 fully saturated rings. The summed E-state index contributed by atoms with van der Waals surface area (Å²) in [6, 6.07) is 18.6. The Hall–Kier alpha value is -1.56. The van der Waals surface area contributed by atoms with Crippen LogP contribution in [0.25, 0.3) is 0 Å². The summed E-state index contributed by atoms with van der Waals surface area (Å²) in [6.45, 7) is 19.6. The van der Waals surface area contributed by atoms with Gasteiger partial charge in [0.25, 0.3) is 0 Å². The summed E-state index contributed by atoms with van der Waals surface area (Å²) >= 11 is 0. The van der Waals surface area contributed by atoms with Crippen LogP contribution in [0, 0.1) is 19.8 Å². The van der Waals surface area contributed by atoms with Gasteiger partial charge in [-0.2, -0.15) is 0 Å². The van der Waals surface area contributed by atoms with Crippen molar-refractivity contribution in [3.05, 3.63) is 70.8 Å². The Labute approximate surface area is 193 Å². The predicted molar refractivity (Wildman–Crippen MR) is 141 cm³/mol. The van der Waals surface area contributed by atoms with Crippen LogP contribution in [0.3, 0.4) is 0 Å². The van der Waals surface area contributed by atoms with E-state index in [1.54, 1.807) is 5.56 Å². The van der Waals surface area contributed by atoms with Crippen LogP contribution < -0.4 is 0 Å². The van der Waals surface area contributed by atoms with Crippen LogP contribution in [0.4, 0.5) is 0 Å². The Balaban J connectivity index is 0. The normalized spacial score (nSPS) is 22.8. The first-order chi connectivity index (χ1) is 15.4. The minimum Gasteiger partial charge on any atom is -0.0776 e. The standard InChI is InChI=1S/C24H32.2C2H6.2CH4/c1-18(2)24(22-12-8-20(4)9-13-22)16-14-23(5,15-17-24)21-10-6-19(3)7-11-21;2*1-2;;/h6-13,18H,14-17H2,1-5H3;2*1-2H3;2*1H4/i;;;2*1T. The molecule has 0 bridgehead atoms. The van der Waals surface area contributed by atoms with Crippen LogP contribution in [-0.2, 0) is 10.8 Å². The highest BCUT2D eigenvalue weighted by molar-refractivity contribution is 5.34. The van der Waals surface area contributed by atoms with Crippen molar-refractivity contribution < 1.29 is 2.74 Å². The molecule has 1 aliphatic rings. The molecule has 2 aromatic rings. The largest absolute Gasteiger partial charge is 0.0776 e. The molecule has 1 saturated carbocycles. The molecule has 0 N–H and O–H groups in total. The van der Waals surface area contributed by atoms with Crippen LogP contribution in [0.1, 0.15) is 114 Å². The highest BCUT2D eigenvalue weighted by Gasteiger charge is 2.43. The predicted octanol–water partition coefficient (Wildman–Crippen LogP) is 10.1. The molecule has 30 heavy (non-hydrogen) atoms. The molecule has 0 radical (unpaired) electrons. The van der Waals surface area contributed by atoms with Crippen molar-refractivity contribution in [1.82, 2.24) is 0 Å². The molecule has 2 aromatic carbocycles. The quantitative estimate of drug-likeness (QED) is 0.467. The van der Waals surface area contributed by atoms with Crippen molar-refractivity contribution in [2.75, 3.05) is 0 Å². The summed E-state index contributed by atoms with van der Waals surface area (Å²) in [4.78, 5) is 0. The molecule has 3 rings (SSSR count). The first kappa shape index (κ1) is 26.5. The van der Waals surface area contributed by atoms with E-state index >= 15 is 0 Å². The van der Waals surface area contributed by atoms with Crippen molar-refractivity contribution in [3.63, 3.8) is 0 Å². The molecular weight excluding hydrogens is 360 g/mol. The molecule has 0 amide bonds. The molecule has 172 valence electrons. The average molecular weight is 417 g/mol. The van der Waals surface area contributed by atoms with E-state index in [9.17, 15) is 0 Å². The van der Waals surface area contributed by atoms with Gasteiger partial charge in [0.2, 0.25) is 0 Å². The van der Waals surface area contributed by atoms with Crippen molar-refractivity contribution in [1.29, 1.82) is 0 Å². The number of hydrogen-bond donors (Lipinski definition) is 0. The minimum absolute atomic E-state index is 0.330. The molecule has 0 spiro atoms. The third kappa shape index (κ3) is 6.73. The summed E-state index contributed by atoms with van der Waals surface area (Å²) in [6.07, 6.45) is 5.14. The van der Waals surface area contributed by atoms with E-state index in [1.807, 2.05) is 27.7 Å². The zero-order valence-corrected chi connectivity index (χ0v) is 22.0. The molecule has 1 aliphatic carbocycles. The second-order valence-corrected chi connectivity index (χ2v) is 8.60. The molecule has 0 saturated heterocycles. The van der Waals surface area contributed by atoms with Gasteiger partial charge in [0, 0.05) is 2.74 Å². The molecule has 0 atom stereocenters. The van der Waals surface area contributed by atoms with E-state index in [0.29, 0.717) is 16.7 Å². The third-order valence-corrected chi connectivity index (χ3v) is 6.73. The minimum atomic E-state index is 0.330. The number of aryl methyl sites for hydroxylation is 2. The van der Waals surface area contributed by atoms with Crippen molar-refractivity contribution in [3.8, 4) is 0 Å². The lowest BCUT2D eigenvalue weighted by atomic mass is 9.56. The summed E-state index contributed by atoms with van der Waals surface area (Å²) in [7, 11) is 2.50. The topological polar surface area (TPSA) is 0 Å². The fraction of sp³-hybridized carbons (Fsp3) is 0.600. The molecule has 0 aromatic heterocycles. The number of rotatable bonds is 3. The summed E-state index contributed by atoms with van der Waals surface area (Å²) in [5.74, 6) is 0.683. The first-order valence-electron chi connectivity index (χ1n) is 13.5. The lowest BCUT2D eigenvalue weighted by molar-refractivity contribution is 0.160. The molecule has 0 heterocycles. The first-order valence-corrected chi connectivity index (χ1v) is 11.5. The summed E-state index contributed by atoms with van der Waals surface area (Å²) in [5, 5.41) is 0. The Bertz CT molecular complexity index is 676. The smallest absolute Gasteiger partial charge is 0.0194 e. The van der Waals surface area contributed by atoms with Gasteiger partial charge < -0.3 is 0 Å². The fourth-order valence-electron chi connectivity index (χ4n) is 4.58. The number of hydrogen-bond acceptors (Lipinski definition) is 0. The van der Waals surface area contributed by atoms with E-state index in [-0.39, 0.29) is 0 Å². The Morgan fingerprint density at radius 1 is 0.667 bits per heavy atom. The highest BCUT2D eigenvalue weighted by atomic mass is 14.5. The van der Waals surface area contributed by atoms with Crippen LogP contribution in [0.2, 0.25) is 0 Å². The zero-order chi connectivity index (χ0) is 25.4. The van der Waals surface area contributed by atoms with E-state index in [2.05, 4.69) is 83.1 Å². The van der Waals surface area contributed by atoms with Gasteiger partial charge in [-0.1, -0.05) is 123 Å². The monoisotopic (exact) mass is 416 g/mol. The lowest BCUT2D eigenvalue weighted by Crippen LogP contribution is -2.41. The van der Waals surface area contributed by atoms with Gasteiger partial charge in [-0.25, -0.2) is 0 Å². The highest BCUT2D eigenvalue weighted by Crippen LogP contribution is 2.51. The molecule has 0 aliphatic heterocycles. The van der Waals surface area contributed by atoms with Crippen LogP contribution in [0.15, 0.2) is 48.5 Å². The maximum absolute atomic E-state index is 5.75. The Morgan fingerprint density at radius 3 is 1.33 bits per heavy atom. The van der Waals surface area contributed by atoms with E-state index in [0.717, 1.165) is 0 Å². The van der Waals surface area contributed by atoms with E-state index < -0.39 is 0 Å². The second-order valence-electron chi connectivity index (χ2n) is 8.60. The van der Waals surface area contributed by atoms with Gasteiger partial charge in [0.05, 0.1) is 0 Å². The van der Waals surface area contributed by atoms with Gasteiger partial charge in [0.15, 0.2) is 0 Å². The maximum Gasteiger partial charge on any atom is 0.0194 e. The third-order valence-electron chi connectivity index (χ3n) is 6.73. The van der Waals surface area contributed by atoms with Gasteiger partial charge in [-0.05, 0) is 67.4 Å². The Morgan fingerprint density at radius 2 is 1.00 bits per heavy atom. The van der Waals surface area contributed by atoms with Crippen LogP contribution >= 0.6 is 0 Å². The average Bonchev–Trinajstić information content (AvgIpc) is 2.85. The van der Waals surface area contributed by atoms with E-state index in [1.165, 1.54) is 57.2 Å². The maximum atomic E-state index is 5.75. The Kier molecular flexibility index (Phi) is 12.1. The summed E-state index contributed by atoms with van der Waals surface area (Å²) in [5.41, 5.74) is 6.46. The van der Waals surface area contributed by atoms with Gasteiger partial charge in [-0.15, -0.1) is 0 Å². The van der Waals surface area contributed by atoms with Crippen LogP contribution in [0.5, 0.6) is 0 Å². The summed E-state index contributed by atoms with van der Waals surface area (Å²) < 4.78 is 11.5. The zero-order valence-electron chi connectivity index (χ0n) is 24.0. The lowest BCUT2D eigenvalue weighted by Gasteiger charge is -2.48. The molecular formula is C30H52. The fourth-order valence-corrected chi connectivity index (χ4v) is 4.58.